The molecule has 0 aliphatic heterocycles. The van der Waals surface area contributed by atoms with Crippen molar-refractivity contribution in [2.45, 2.75) is 58.2 Å². The van der Waals surface area contributed by atoms with Crippen molar-refractivity contribution in [3.05, 3.63) is 94.3 Å². The number of allylic oxidation sites excluding steroid dienone is 1. The summed E-state index contributed by atoms with van der Waals surface area (Å²) < 4.78 is 66.4. The third-order valence-corrected chi connectivity index (χ3v) is 7.18. The van der Waals surface area contributed by atoms with E-state index in [1.54, 1.807) is 26.4 Å². The summed E-state index contributed by atoms with van der Waals surface area (Å²) in [6, 6.07) is 15.1. The van der Waals surface area contributed by atoms with E-state index in [2.05, 4.69) is 0 Å². The van der Waals surface area contributed by atoms with Gasteiger partial charge in [0, 0.05) is 19.8 Å². The van der Waals surface area contributed by atoms with Crippen LogP contribution in [0, 0.1) is 17.5 Å². The van der Waals surface area contributed by atoms with E-state index in [-0.39, 0.29) is 24.5 Å². The van der Waals surface area contributed by atoms with Crippen molar-refractivity contribution in [1.29, 1.82) is 0 Å². The average Bonchev–Trinajstić information content (AvgIpc) is 2.97. The first-order chi connectivity index (χ1) is 19.5. The summed E-state index contributed by atoms with van der Waals surface area (Å²) in [7, 11) is 3.24. The molecule has 0 bridgehead atoms. The van der Waals surface area contributed by atoms with E-state index < -0.39 is 11.6 Å². The lowest BCUT2D eigenvalue weighted by Crippen LogP contribution is -2.13. The van der Waals surface area contributed by atoms with E-state index in [0.29, 0.717) is 42.7 Å². The Balaban J connectivity index is 1.63. The molecular weight excluding hydrogens is 517 g/mol. The third-order valence-electron chi connectivity index (χ3n) is 7.18. The molecule has 0 amide bonds. The first-order valence-electron chi connectivity index (χ1n) is 13.9. The molecular formula is C33H37F3O4. The fourth-order valence-electron chi connectivity index (χ4n) is 5.02. The molecule has 0 atom stereocenters. The number of benzene rings is 3. The van der Waals surface area contributed by atoms with Gasteiger partial charge in [0.15, 0.2) is 23.7 Å². The maximum atomic E-state index is 15.6. The van der Waals surface area contributed by atoms with Gasteiger partial charge in [-0.3, -0.25) is 0 Å². The van der Waals surface area contributed by atoms with Crippen LogP contribution >= 0.6 is 0 Å². The van der Waals surface area contributed by atoms with E-state index in [0.717, 1.165) is 48.0 Å². The second kappa shape index (κ2) is 14.4. The Kier molecular flexibility index (Phi) is 10.7. The van der Waals surface area contributed by atoms with Crippen molar-refractivity contribution in [3.63, 3.8) is 0 Å². The van der Waals surface area contributed by atoms with Crippen LogP contribution in [0.5, 0.6) is 11.5 Å². The molecule has 0 heterocycles. The van der Waals surface area contributed by atoms with Gasteiger partial charge in [-0.1, -0.05) is 37.6 Å². The van der Waals surface area contributed by atoms with Crippen LogP contribution < -0.4 is 9.47 Å². The second-order valence-corrected chi connectivity index (χ2v) is 9.86. The molecule has 0 N–H and O–H groups in total. The number of fused-ring (bicyclic) bond motifs is 1. The molecule has 4 rings (SSSR count). The minimum absolute atomic E-state index is 0.213. The average molecular weight is 555 g/mol. The Hall–Kier alpha value is -3.29. The zero-order chi connectivity index (χ0) is 28.5. The standard InChI is InChI=1S/C33H37F3O4/c1-4-5-19-40-33-29(35)21-28-27(32(33)36)18-17-26(22-9-13-24(34)14-10-22)31(28)23-11-15-25(16-12-23)39-20-7-6-8-30(37-2)38-3/h9-16,21,30H,4-8,17-20H2,1-3H3. The zero-order valence-corrected chi connectivity index (χ0v) is 23.4. The van der Waals surface area contributed by atoms with Gasteiger partial charge >= 0.3 is 0 Å². The molecule has 214 valence electrons. The number of hydrogen-bond donors (Lipinski definition) is 0. The van der Waals surface area contributed by atoms with Gasteiger partial charge in [0.25, 0.3) is 0 Å². The van der Waals surface area contributed by atoms with Crippen molar-refractivity contribution in [2.75, 3.05) is 27.4 Å². The minimum atomic E-state index is -0.727. The van der Waals surface area contributed by atoms with E-state index in [1.165, 1.54) is 18.2 Å². The number of methoxy groups -OCH3 is 2. The Bertz CT molecular complexity index is 1280. The molecule has 0 spiro atoms. The van der Waals surface area contributed by atoms with Gasteiger partial charge < -0.3 is 18.9 Å². The largest absolute Gasteiger partial charge is 0.494 e. The summed E-state index contributed by atoms with van der Waals surface area (Å²) >= 11 is 0. The Morgan fingerprint density at radius 3 is 2.12 bits per heavy atom. The Morgan fingerprint density at radius 2 is 1.45 bits per heavy atom. The van der Waals surface area contributed by atoms with Crippen molar-refractivity contribution < 1.29 is 32.1 Å². The van der Waals surface area contributed by atoms with Crippen LogP contribution in [0.2, 0.25) is 0 Å². The van der Waals surface area contributed by atoms with Crippen LogP contribution in [-0.2, 0) is 15.9 Å². The first kappa shape index (κ1) is 29.7. The highest BCUT2D eigenvalue weighted by molar-refractivity contribution is 6.01. The third kappa shape index (κ3) is 7.07. The molecule has 7 heteroatoms. The van der Waals surface area contributed by atoms with Crippen LogP contribution in [0.4, 0.5) is 13.2 Å². The predicted molar refractivity (Wildman–Crippen MR) is 151 cm³/mol. The second-order valence-electron chi connectivity index (χ2n) is 9.86. The van der Waals surface area contributed by atoms with Gasteiger partial charge in [0.1, 0.15) is 11.6 Å². The highest BCUT2D eigenvalue weighted by Gasteiger charge is 2.28. The normalized spacial score (nSPS) is 13.1. The Labute approximate surface area is 234 Å². The molecule has 0 aromatic heterocycles. The molecule has 0 radical (unpaired) electrons. The fraction of sp³-hybridized carbons (Fsp3) is 0.394. The number of ether oxygens (including phenoxy) is 4. The lowest BCUT2D eigenvalue weighted by atomic mass is 9.79. The minimum Gasteiger partial charge on any atom is -0.494 e. The quantitative estimate of drug-likeness (QED) is 0.148. The molecule has 3 aromatic rings. The Morgan fingerprint density at radius 1 is 0.775 bits per heavy atom. The van der Waals surface area contributed by atoms with Crippen molar-refractivity contribution in [2.24, 2.45) is 0 Å². The maximum Gasteiger partial charge on any atom is 0.191 e. The maximum absolute atomic E-state index is 15.6. The molecule has 1 aliphatic carbocycles. The molecule has 40 heavy (non-hydrogen) atoms. The molecule has 3 aromatic carbocycles. The fourth-order valence-corrected chi connectivity index (χ4v) is 5.02. The SMILES string of the molecule is CCCCOc1c(F)cc2c(c1F)CCC(c1ccc(F)cc1)=C2c1ccc(OCCCCC(OC)OC)cc1. The zero-order valence-electron chi connectivity index (χ0n) is 23.4. The number of halogens is 3. The van der Waals surface area contributed by atoms with E-state index in [4.69, 9.17) is 18.9 Å². The summed E-state index contributed by atoms with van der Waals surface area (Å²) in [6.45, 7) is 2.80. The summed E-state index contributed by atoms with van der Waals surface area (Å²) in [4.78, 5) is 0. The first-order valence-corrected chi connectivity index (χ1v) is 13.9. The number of rotatable bonds is 14. The highest BCUT2D eigenvalue weighted by Crippen LogP contribution is 2.44. The lowest BCUT2D eigenvalue weighted by molar-refractivity contribution is -0.107. The van der Waals surface area contributed by atoms with Crippen molar-refractivity contribution >= 4 is 11.1 Å². The summed E-state index contributed by atoms with van der Waals surface area (Å²) in [5, 5.41) is 0. The van der Waals surface area contributed by atoms with Crippen LogP contribution in [0.1, 0.15) is 67.7 Å². The molecule has 0 saturated carbocycles. The van der Waals surface area contributed by atoms with Gasteiger partial charge in [0.2, 0.25) is 0 Å². The highest BCUT2D eigenvalue weighted by atomic mass is 19.1. The van der Waals surface area contributed by atoms with Gasteiger partial charge in [-0.25, -0.2) is 13.2 Å². The van der Waals surface area contributed by atoms with Crippen LogP contribution in [0.25, 0.3) is 11.1 Å². The predicted octanol–water partition coefficient (Wildman–Crippen LogP) is 8.36. The van der Waals surface area contributed by atoms with Crippen LogP contribution in [-0.4, -0.2) is 33.7 Å². The number of unbranched alkanes of at least 4 members (excludes halogenated alkanes) is 2. The van der Waals surface area contributed by atoms with Crippen LogP contribution in [0.15, 0.2) is 54.6 Å². The molecule has 0 saturated heterocycles. The molecule has 0 unspecified atom stereocenters. The number of hydrogen-bond acceptors (Lipinski definition) is 4. The van der Waals surface area contributed by atoms with E-state index in [9.17, 15) is 4.39 Å². The summed E-state index contributed by atoms with van der Waals surface area (Å²) in [5.41, 5.74) is 4.17. The monoisotopic (exact) mass is 554 g/mol. The van der Waals surface area contributed by atoms with Gasteiger partial charge in [-0.05, 0) is 96.7 Å². The van der Waals surface area contributed by atoms with Crippen molar-refractivity contribution in [1.82, 2.24) is 0 Å². The van der Waals surface area contributed by atoms with Gasteiger partial charge in [-0.15, -0.1) is 0 Å². The molecule has 4 nitrogen and oxygen atoms in total. The summed E-state index contributed by atoms with van der Waals surface area (Å²) in [6.07, 6.45) is 4.80. The van der Waals surface area contributed by atoms with E-state index >= 15 is 8.78 Å². The lowest BCUT2D eigenvalue weighted by Gasteiger charge is -2.26. The smallest absolute Gasteiger partial charge is 0.191 e. The molecule has 0 fully saturated rings. The van der Waals surface area contributed by atoms with Crippen LogP contribution in [0.3, 0.4) is 0 Å². The summed E-state index contributed by atoms with van der Waals surface area (Å²) in [5.74, 6) is -1.33. The topological polar surface area (TPSA) is 36.9 Å². The van der Waals surface area contributed by atoms with E-state index in [1.807, 2.05) is 31.2 Å². The van der Waals surface area contributed by atoms with Gasteiger partial charge in [-0.2, -0.15) is 0 Å². The molecule has 1 aliphatic rings. The van der Waals surface area contributed by atoms with Crippen molar-refractivity contribution in [3.8, 4) is 11.5 Å². The van der Waals surface area contributed by atoms with Gasteiger partial charge in [0.05, 0.1) is 13.2 Å².